The number of phenols is 2. The molecule has 0 aliphatic carbocycles. The van der Waals surface area contributed by atoms with Crippen molar-refractivity contribution in [2.24, 2.45) is 0 Å². The van der Waals surface area contributed by atoms with Crippen LogP contribution in [0.3, 0.4) is 0 Å². The summed E-state index contributed by atoms with van der Waals surface area (Å²) in [6.07, 6.45) is 0.972. The standard InChI is InChI=1S/C44H37FN6O11/c1-23(24-4-10-27(45)11-5-24)22-35(52)47-28-12-6-26(7-13-28)41(56)51-34(20-21-46)43(58)48-29-14-8-25(9-15-29)40(55)49-32-18-16-30(36(53)38(32)61-2)42(57)50-33-19-17-31(44(59)60)37(54)39(33)62-3/h4-19,22,34,53-54H,20H2,1-3H3,(H,47,52)(H,48,58)(H,49,55)(H,50,57)(H,51,56)(H,59,60)/b23-22+/t34-/m0/s1. The first-order chi connectivity index (χ1) is 29.6. The number of nitriles is 1. The molecule has 0 fully saturated rings. The van der Waals surface area contributed by atoms with Gasteiger partial charge in [-0.3, -0.25) is 24.0 Å². The van der Waals surface area contributed by atoms with Gasteiger partial charge >= 0.3 is 5.97 Å². The lowest BCUT2D eigenvalue weighted by atomic mass is 10.1. The van der Waals surface area contributed by atoms with E-state index in [0.29, 0.717) is 16.8 Å². The van der Waals surface area contributed by atoms with Crippen molar-refractivity contribution in [1.82, 2.24) is 5.32 Å². The number of benzene rings is 5. The molecule has 0 aliphatic heterocycles. The lowest BCUT2D eigenvalue weighted by Gasteiger charge is -2.17. The molecular weight excluding hydrogens is 808 g/mol. The van der Waals surface area contributed by atoms with Crippen molar-refractivity contribution >= 4 is 63.8 Å². The number of halogens is 1. The van der Waals surface area contributed by atoms with E-state index in [4.69, 9.17) is 9.47 Å². The zero-order valence-electron chi connectivity index (χ0n) is 33.0. The van der Waals surface area contributed by atoms with Crippen LogP contribution < -0.4 is 36.1 Å². The number of hydrogen-bond acceptors (Lipinski definition) is 11. The number of ether oxygens (including phenoxy) is 2. The highest BCUT2D eigenvalue weighted by atomic mass is 19.1. The van der Waals surface area contributed by atoms with Crippen molar-refractivity contribution in [2.75, 3.05) is 35.5 Å². The molecule has 5 rings (SSSR count). The van der Waals surface area contributed by atoms with Gasteiger partial charge in [0.15, 0.2) is 23.0 Å². The number of aromatic carboxylic acids is 1. The van der Waals surface area contributed by atoms with Gasteiger partial charge in [-0.2, -0.15) is 5.26 Å². The molecule has 17 nitrogen and oxygen atoms in total. The fourth-order valence-electron chi connectivity index (χ4n) is 5.84. The zero-order chi connectivity index (χ0) is 45.1. The van der Waals surface area contributed by atoms with Crippen molar-refractivity contribution in [3.63, 3.8) is 0 Å². The van der Waals surface area contributed by atoms with Crippen LogP contribution >= 0.6 is 0 Å². The van der Waals surface area contributed by atoms with Gasteiger partial charge in [-0.05, 0) is 103 Å². The van der Waals surface area contributed by atoms with Crippen LogP contribution in [0.15, 0.2) is 103 Å². The van der Waals surface area contributed by atoms with Crippen LogP contribution in [0.1, 0.15) is 60.3 Å². The second-order valence-electron chi connectivity index (χ2n) is 13.2. The molecule has 0 unspecified atom stereocenters. The number of carboxylic acid groups (broad SMARTS) is 1. The van der Waals surface area contributed by atoms with Crippen LogP contribution in [-0.4, -0.2) is 71.1 Å². The molecule has 0 spiro atoms. The Labute approximate surface area is 352 Å². The number of rotatable bonds is 15. The largest absolute Gasteiger partial charge is 0.504 e. The van der Waals surface area contributed by atoms with E-state index in [-0.39, 0.29) is 51.7 Å². The molecule has 18 heteroatoms. The summed E-state index contributed by atoms with van der Waals surface area (Å²) >= 11 is 0. The molecule has 5 aromatic rings. The van der Waals surface area contributed by atoms with Crippen LogP contribution in [0.25, 0.3) is 5.57 Å². The first kappa shape index (κ1) is 44.4. The fourth-order valence-corrected chi connectivity index (χ4v) is 5.84. The molecule has 8 N–H and O–H groups in total. The Morgan fingerprint density at radius 1 is 0.661 bits per heavy atom. The average molecular weight is 845 g/mol. The molecule has 0 saturated heterocycles. The Morgan fingerprint density at radius 3 is 1.68 bits per heavy atom. The van der Waals surface area contributed by atoms with Crippen molar-refractivity contribution in [1.29, 1.82) is 5.26 Å². The fraction of sp³-hybridized carbons (Fsp3) is 0.114. The molecule has 316 valence electrons. The van der Waals surface area contributed by atoms with Crippen LogP contribution in [-0.2, 0) is 9.59 Å². The summed E-state index contributed by atoms with van der Waals surface area (Å²) in [7, 11) is 2.35. The highest BCUT2D eigenvalue weighted by Crippen LogP contribution is 2.40. The van der Waals surface area contributed by atoms with Gasteiger partial charge < -0.3 is 51.4 Å². The summed E-state index contributed by atoms with van der Waals surface area (Å²) in [6.45, 7) is 1.70. The summed E-state index contributed by atoms with van der Waals surface area (Å²) in [5, 5.41) is 52.6. The summed E-state index contributed by atoms with van der Waals surface area (Å²) in [5.74, 6) is -7.22. The van der Waals surface area contributed by atoms with Gasteiger partial charge in [0.05, 0.1) is 43.6 Å². The first-order valence-electron chi connectivity index (χ1n) is 18.2. The van der Waals surface area contributed by atoms with Gasteiger partial charge in [0.1, 0.15) is 17.4 Å². The number of carbonyl (C=O) groups excluding carboxylic acids is 5. The number of hydrogen-bond donors (Lipinski definition) is 8. The third-order valence-electron chi connectivity index (χ3n) is 9.04. The van der Waals surface area contributed by atoms with E-state index >= 15 is 0 Å². The van der Waals surface area contributed by atoms with Gasteiger partial charge in [0.2, 0.25) is 11.8 Å². The second kappa shape index (κ2) is 19.8. The molecule has 0 aromatic heterocycles. The highest BCUT2D eigenvalue weighted by Gasteiger charge is 2.25. The van der Waals surface area contributed by atoms with Gasteiger partial charge in [0.25, 0.3) is 17.7 Å². The maximum absolute atomic E-state index is 13.2. The number of phenolic OH excluding ortho intramolecular Hbond substituents is 1. The molecule has 5 aromatic carbocycles. The minimum absolute atomic E-state index is 0.0230. The molecule has 0 saturated carbocycles. The predicted molar refractivity (Wildman–Crippen MR) is 224 cm³/mol. The van der Waals surface area contributed by atoms with E-state index in [1.807, 2.05) is 6.07 Å². The molecule has 0 bridgehead atoms. The summed E-state index contributed by atoms with van der Waals surface area (Å²) in [5.41, 5.74) is 1.21. The molecule has 0 aliphatic rings. The van der Waals surface area contributed by atoms with Gasteiger partial charge in [-0.25, -0.2) is 9.18 Å². The Morgan fingerprint density at radius 2 is 1.15 bits per heavy atom. The zero-order valence-corrected chi connectivity index (χ0v) is 33.0. The second-order valence-corrected chi connectivity index (χ2v) is 13.2. The molecular formula is C44H37FN6O11. The van der Waals surface area contributed by atoms with Crippen LogP contribution in [0, 0.1) is 17.1 Å². The van der Waals surface area contributed by atoms with Gasteiger partial charge in [-0.15, -0.1) is 0 Å². The number of allylic oxidation sites excluding steroid dienone is 1. The molecule has 62 heavy (non-hydrogen) atoms. The van der Waals surface area contributed by atoms with E-state index in [0.717, 1.165) is 13.2 Å². The molecule has 0 radical (unpaired) electrons. The quantitative estimate of drug-likeness (QED) is 0.0552. The van der Waals surface area contributed by atoms with E-state index in [1.165, 1.54) is 92.0 Å². The monoisotopic (exact) mass is 844 g/mol. The number of aromatic hydroxyl groups is 2. The molecule has 0 heterocycles. The maximum atomic E-state index is 13.2. The molecule has 5 amide bonds. The summed E-state index contributed by atoms with van der Waals surface area (Å²) in [4.78, 5) is 76.4. The van der Waals surface area contributed by atoms with Crippen LogP contribution in [0.4, 0.5) is 27.1 Å². The first-order valence-corrected chi connectivity index (χ1v) is 18.2. The normalized spacial score (nSPS) is 11.2. The number of carboxylic acids is 1. The van der Waals surface area contributed by atoms with E-state index in [9.17, 15) is 53.7 Å². The summed E-state index contributed by atoms with van der Waals surface area (Å²) in [6, 6.07) is 22.3. The van der Waals surface area contributed by atoms with Crippen molar-refractivity contribution < 1.29 is 58.0 Å². The number of amides is 5. The number of nitrogens with zero attached hydrogens (tertiary/aromatic N) is 1. The minimum atomic E-state index is -1.43. The third-order valence-corrected chi connectivity index (χ3v) is 9.04. The topological polar surface area (TPSA) is 266 Å². The maximum Gasteiger partial charge on any atom is 0.339 e. The molecule has 1 atom stereocenters. The van der Waals surface area contributed by atoms with E-state index < -0.39 is 64.4 Å². The lowest BCUT2D eigenvalue weighted by Crippen LogP contribution is -2.43. The van der Waals surface area contributed by atoms with Gasteiger partial charge in [0, 0.05) is 28.6 Å². The van der Waals surface area contributed by atoms with E-state index in [2.05, 4.69) is 26.6 Å². The third kappa shape index (κ3) is 10.7. The average Bonchev–Trinajstić information content (AvgIpc) is 3.24. The lowest BCUT2D eigenvalue weighted by molar-refractivity contribution is -0.118. The predicted octanol–water partition coefficient (Wildman–Crippen LogP) is 6.15. The highest BCUT2D eigenvalue weighted by molar-refractivity contribution is 6.10. The number of carbonyl (C=O) groups is 6. The van der Waals surface area contributed by atoms with E-state index in [1.54, 1.807) is 19.1 Å². The Bertz CT molecular complexity index is 2620. The van der Waals surface area contributed by atoms with Crippen molar-refractivity contribution in [2.45, 2.75) is 19.4 Å². The Balaban J connectivity index is 1.18. The number of nitrogens with one attached hydrogen (secondary N) is 5. The summed E-state index contributed by atoms with van der Waals surface area (Å²) < 4.78 is 23.6. The van der Waals surface area contributed by atoms with Crippen LogP contribution in [0.2, 0.25) is 0 Å². The SMILES string of the molecule is COc1c(NC(=O)c2ccc(NC(=O)c3ccc(NC(=O)[C@H](CC#N)NC(=O)c4ccc(NC(=O)/C=C(\C)c5ccc(F)cc5)cc4)cc3)c(OC)c2O)ccc(C(=O)O)c1O. The van der Waals surface area contributed by atoms with Crippen molar-refractivity contribution in [3.8, 4) is 29.1 Å². The van der Waals surface area contributed by atoms with Crippen LogP contribution in [0.5, 0.6) is 23.0 Å². The Hall–Kier alpha value is -8.72. The Kier molecular flexibility index (Phi) is 14.2. The van der Waals surface area contributed by atoms with Crippen molar-refractivity contribution in [3.05, 3.63) is 137 Å². The minimum Gasteiger partial charge on any atom is -0.504 e. The smallest absolute Gasteiger partial charge is 0.339 e. The number of anilines is 4. The number of methoxy groups -OCH3 is 2. The van der Waals surface area contributed by atoms with Gasteiger partial charge in [-0.1, -0.05) is 12.1 Å².